The quantitative estimate of drug-likeness (QED) is 0.858. The van der Waals surface area contributed by atoms with Crippen LogP contribution in [-0.4, -0.2) is 67.9 Å². The third-order valence-corrected chi connectivity index (χ3v) is 5.06. The number of aliphatic hydroxyl groups excluding tert-OH is 1. The SMILES string of the molecule is CC(O)c1cn(C2CN(C(=O)CN3CCc4ccccc4C3=O)C2)nn1. The fraction of sp³-hybridized carbons (Fsp3) is 0.444. The molecule has 8 heteroatoms. The number of nitrogens with zero attached hydrogens (tertiary/aromatic N) is 5. The Balaban J connectivity index is 1.33. The number of aliphatic hydroxyl groups is 1. The molecule has 1 N–H and O–H groups in total. The number of amides is 2. The Labute approximate surface area is 151 Å². The average molecular weight is 355 g/mol. The zero-order chi connectivity index (χ0) is 18.3. The molecule has 1 fully saturated rings. The fourth-order valence-corrected chi connectivity index (χ4v) is 3.37. The number of aromatic nitrogens is 3. The first-order valence-electron chi connectivity index (χ1n) is 8.77. The van der Waals surface area contributed by atoms with Crippen LogP contribution in [0.15, 0.2) is 30.5 Å². The van der Waals surface area contributed by atoms with E-state index in [1.54, 1.807) is 27.6 Å². The number of rotatable bonds is 4. The summed E-state index contributed by atoms with van der Waals surface area (Å²) in [5, 5.41) is 17.4. The predicted octanol–water partition coefficient (Wildman–Crippen LogP) is 0.413. The Morgan fingerprint density at radius 2 is 2.12 bits per heavy atom. The second-order valence-electron chi connectivity index (χ2n) is 6.89. The van der Waals surface area contributed by atoms with Crippen LogP contribution in [0.5, 0.6) is 0 Å². The average Bonchev–Trinajstić information content (AvgIpc) is 3.06. The van der Waals surface area contributed by atoms with E-state index in [0.717, 1.165) is 12.0 Å². The van der Waals surface area contributed by atoms with Crippen molar-refractivity contribution in [3.63, 3.8) is 0 Å². The minimum atomic E-state index is -0.658. The predicted molar refractivity (Wildman–Crippen MR) is 92.3 cm³/mol. The maximum absolute atomic E-state index is 12.5. The zero-order valence-corrected chi connectivity index (χ0v) is 14.6. The standard InChI is InChI=1S/C18H21N5O3/c1-12(24)16-10-23(20-19-16)14-8-22(9-14)17(25)11-21-7-6-13-4-2-3-5-15(13)18(21)26/h2-5,10,12,14,24H,6-9,11H2,1H3. The van der Waals surface area contributed by atoms with Crippen LogP contribution in [0.25, 0.3) is 0 Å². The lowest BCUT2D eigenvalue weighted by molar-refractivity contribution is -0.137. The van der Waals surface area contributed by atoms with Crippen molar-refractivity contribution in [3.05, 3.63) is 47.3 Å². The van der Waals surface area contributed by atoms with E-state index in [1.807, 2.05) is 24.3 Å². The van der Waals surface area contributed by atoms with E-state index in [0.29, 0.717) is 30.9 Å². The molecule has 0 aliphatic carbocycles. The maximum atomic E-state index is 12.5. The van der Waals surface area contributed by atoms with Crippen LogP contribution in [0.3, 0.4) is 0 Å². The van der Waals surface area contributed by atoms with E-state index < -0.39 is 6.10 Å². The van der Waals surface area contributed by atoms with E-state index in [2.05, 4.69) is 10.3 Å². The van der Waals surface area contributed by atoms with Gasteiger partial charge in [0.1, 0.15) is 12.2 Å². The van der Waals surface area contributed by atoms with Crippen LogP contribution in [0, 0.1) is 0 Å². The first kappa shape index (κ1) is 16.7. The monoisotopic (exact) mass is 355 g/mol. The topological polar surface area (TPSA) is 91.6 Å². The van der Waals surface area contributed by atoms with Gasteiger partial charge in [-0.2, -0.15) is 0 Å². The van der Waals surface area contributed by atoms with Gasteiger partial charge in [-0.25, -0.2) is 4.68 Å². The van der Waals surface area contributed by atoms with Crippen molar-refractivity contribution in [2.45, 2.75) is 25.5 Å². The minimum absolute atomic E-state index is 0.0511. The van der Waals surface area contributed by atoms with Gasteiger partial charge >= 0.3 is 0 Å². The summed E-state index contributed by atoms with van der Waals surface area (Å²) in [6, 6.07) is 7.63. The Kier molecular flexibility index (Phi) is 4.20. The molecule has 0 saturated carbocycles. The van der Waals surface area contributed by atoms with Gasteiger partial charge < -0.3 is 14.9 Å². The molecule has 4 rings (SSSR count). The highest BCUT2D eigenvalue weighted by Crippen LogP contribution is 2.23. The van der Waals surface area contributed by atoms with Gasteiger partial charge in [-0.15, -0.1) is 5.10 Å². The summed E-state index contributed by atoms with van der Waals surface area (Å²) >= 11 is 0. The molecule has 1 saturated heterocycles. The molecule has 1 atom stereocenters. The minimum Gasteiger partial charge on any atom is -0.387 e. The summed E-state index contributed by atoms with van der Waals surface area (Å²) in [5.74, 6) is -0.125. The Morgan fingerprint density at radius 1 is 1.35 bits per heavy atom. The van der Waals surface area contributed by atoms with Crippen LogP contribution >= 0.6 is 0 Å². The first-order chi connectivity index (χ1) is 12.5. The van der Waals surface area contributed by atoms with Crippen molar-refractivity contribution in [1.82, 2.24) is 24.8 Å². The van der Waals surface area contributed by atoms with Gasteiger partial charge in [0, 0.05) is 25.2 Å². The highest BCUT2D eigenvalue weighted by molar-refractivity contribution is 5.98. The highest BCUT2D eigenvalue weighted by Gasteiger charge is 2.35. The number of benzene rings is 1. The van der Waals surface area contributed by atoms with Gasteiger partial charge in [-0.1, -0.05) is 23.4 Å². The Morgan fingerprint density at radius 3 is 2.85 bits per heavy atom. The zero-order valence-electron chi connectivity index (χ0n) is 14.6. The Bertz CT molecular complexity index is 841. The normalized spacial score (nSPS) is 18.5. The molecule has 2 aromatic rings. The molecular weight excluding hydrogens is 334 g/mol. The Hall–Kier alpha value is -2.74. The molecule has 1 unspecified atom stereocenters. The van der Waals surface area contributed by atoms with Crippen LogP contribution in [0.1, 0.15) is 40.7 Å². The second kappa shape index (κ2) is 6.53. The lowest BCUT2D eigenvalue weighted by Gasteiger charge is -2.40. The van der Waals surface area contributed by atoms with Crippen LogP contribution in [0.2, 0.25) is 0 Å². The fourth-order valence-electron chi connectivity index (χ4n) is 3.37. The molecule has 26 heavy (non-hydrogen) atoms. The molecule has 8 nitrogen and oxygen atoms in total. The van der Waals surface area contributed by atoms with Crippen LogP contribution < -0.4 is 0 Å². The van der Waals surface area contributed by atoms with Crippen molar-refractivity contribution in [3.8, 4) is 0 Å². The molecule has 0 spiro atoms. The molecule has 2 aliphatic heterocycles. The van der Waals surface area contributed by atoms with E-state index in [4.69, 9.17) is 0 Å². The molecule has 2 amide bonds. The smallest absolute Gasteiger partial charge is 0.254 e. The summed E-state index contributed by atoms with van der Waals surface area (Å²) in [4.78, 5) is 28.4. The van der Waals surface area contributed by atoms with Crippen LogP contribution in [-0.2, 0) is 11.2 Å². The number of likely N-dealkylation sites (tertiary alicyclic amines) is 1. The summed E-state index contributed by atoms with van der Waals surface area (Å²) in [6.45, 7) is 3.40. The van der Waals surface area contributed by atoms with Crippen molar-refractivity contribution in [2.75, 3.05) is 26.2 Å². The van der Waals surface area contributed by atoms with Gasteiger partial charge in [0.15, 0.2) is 0 Å². The third-order valence-electron chi connectivity index (χ3n) is 5.06. The third kappa shape index (κ3) is 2.96. The van der Waals surface area contributed by atoms with Gasteiger partial charge in [-0.3, -0.25) is 9.59 Å². The summed E-state index contributed by atoms with van der Waals surface area (Å²) in [6.07, 6.45) is 1.83. The molecule has 2 aliphatic rings. The molecule has 1 aromatic heterocycles. The number of hydrogen-bond donors (Lipinski definition) is 1. The van der Waals surface area contributed by atoms with Gasteiger partial charge in [-0.05, 0) is 25.0 Å². The number of carbonyl (C=O) groups excluding carboxylic acids is 2. The van der Waals surface area contributed by atoms with Crippen molar-refractivity contribution >= 4 is 11.8 Å². The summed E-state index contributed by atoms with van der Waals surface area (Å²) in [5.41, 5.74) is 2.26. The largest absolute Gasteiger partial charge is 0.387 e. The summed E-state index contributed by atoms with van der Waals surface area (Å²) < 4.78 is 1.69. The second-order valence-corrected chi connectivity index (χ2v) is 6.89. The molecule has 0 radical (unpaired) electrons. The molecule has 0 bridgehead atoms. The first-order valence-corrected chi connectivity index (χ1v) is 8.77. The molecule has 3 heterocycles. The molecular formula is C18H21N5O3. The number of hydrogen-bond acceptors (Lipinski definition) is 5. The van der Waals surface area contributed by atoms with Gasteiger partial charge in [0.05, 0.1) is 18.3 Å². The number of carbonyl (C=O) groups is 2. The van der Waals surface area contributed by atoms with Crippen molar-refractivity contribution < 1.29 is 14.7 Å². The van der Waals surface area contributed by atoms with E-state index in [1.165, 1.54) is 0 Å². The van der Waals surface area contributed by atoms with Crippen molar-refractivity contribution in [2.24, 2.45) is 0 Å². The van der Waals surface area contributed by atoms with E-state index in [-0.39, 0.29) is 24.4 Å². The lowest BCUT2D eigenvalue weighted by atomic mass is 9.99. The van der Waals surface area contributed by atoms with Crippen LogP contribution in [0.4, 0.5) is 0 Å². The van der Waals surface area contributed by atoms with E-state index >= 15 is 0 Å². The van der Waals surface area contributed by atoms with Gasteiger partial charge in [0.25, 0.3) is 5.91 Å². The van der Waals surface area contributed by atoms with Crippen molar-refractivity contribution in [1.29, 1.82) is 0 Å². The molecule has 1 aromatic carbocycles. The highest BCUT2D eigenvalue weighted by atomic mass is 16.3. The summed E-state index contributed by atoms with van der Waals surface area (Å²) in [7, 11) is 0. The van der Waals surface area contributed by atoms with Gasteiger partial charge in [0.2, 0.25) is 5.91 Å². The van der Waals surface area contributed by atoms with E-state index in [9.17, 15) is 14.7 Å². The lowest BCUT2D eigenvalue weighted by Crippen LogP contribution is -2.54. The molecule has 136 valence electrons. The number of fused-ring (bicyclic) bond motifs is 1. The maximum Gasteiger partial charge on any atom is 0.254 e.